The van der Waals surface area contributed by atoms with Gasteiger partial charge in [0.25, 0.3) is 5.91 Å². The van der Waals surface area contributed by atoms with Gasteiger partial charge in [0.15, 0.2) is 5.78 Å². The average molecular weight is 424 g/mol. The molecule has 1 aromatic carbocycles. The largest absolute Gasteiger partial charge is 0.354 e. The second-order valence-electron chi connectivity index (χ2n) is 6.81. The van der Waals surface area contributed by atoms with E-state index in [0.29, 0.717) is 22.5 Å². The molecule has 0 aliphatic carbocycles. The number of carbonyl (C=O) groups is 2. The molecule has 0 radical (unpaired) electrons. The molecule has 0 bridgehead atoms. The van der Waals surface area contributed by atoms with Crippen molar-refractivity contribution in [3.05, 3.63) is 51.8 Å². The summed E-state index contributed by atoms with van der Waals surface area (Å²) in [5, 5.41) is 0.176. The fourth-order valence-corrected chi connectivity index (χ4v) is 5.49. The van der Waals surface area contributed by atoms with Crippen molar-refractivity contribution in [1.29, 1.82) is 0 Å². The van der Waals surface area contributed by atoms with E-state index in [1.54, 1.807) is 30.9 Å². The quantitative estimate of drug-likeness (QED) is 0.765. The van der Waals surface area contributed by atoms with Crippen molar-refractivity contribution in [2.75, 3.05) is 26.2 Å². The lowest BCUT2D eigenvalue weighted by atomic mass is 10.1. The number of benzene rings is 1. The number of halogens is 1. The van der Waals surface area contributed by atoms with E-state index in [2.05, 4.69) is 4.98 Å². The SMILES string of the molecule is CC(=O)c1c(C)[nH]c(C(=O)N2CCN(S(=O)(=O)c3ccccc3Cl)CC2)c1C. The van der Waals surface area contributed by atoms with Crippen molar-refractivity contribution in [1.82, 2.24) is 14.2 Å². The smallest absolute Gasteiger partial charge is 0.270 e. The molecular weight excluding hydrogens is 402 g/mol. The first-order chi connectivity index (χ1) is 13.1. The van der Waals surface area contributed by atoms with Crippen LogP contribution in [0.3, 0.4) is 0 Å². The van der Waals surface area contributed by atoms with Crippen LogP contribution in [0.1, 0.15) is 39.0 Å². The minimum Gasteiger partial charge on any atom is -0.354 e. The number of Topliss-reactive ketones (excluding diaryl/α,β-unsaturated/α-hetero) is 1. The number of nitrogens with zero attached hydrogens (tertiary/aromatic N) is 2. The van der Waals surface area contributed by atoms with Crippen molar-refractivity contribution >= 4 is 33.3 Å². The molecule has 1 saturated heterocycles. The van der Waals surface area contributed by atoms with E-state index >= 15 is 0 Å². The number of sulfonamides is 1. The molecule has 2 aromatic rings. The third-order valence-electron chi connectivity index (χ3n) is 4.98. The molecule has 1 amide bonds. The number of rotatable bonds is 4. The van der Waals surface area contributed by atoms with Gasteiger partial charge < -0.3 is 9.88 Å². The predicted molar refractivity (Wildman–Crippen MR) is 106 cm³/mol. The summed E-state index contributed by atoms with van der Waals surface area (Å²) in [6.07, 6.45) is 0. The van der Waals surface area contributed by atoms with Gasteiger partial charge >= 0.3 is 0 Å². The molecular formula is C19H22ClN3O4S. The first-order valence-electron chi connectivity index (χ1n) is 8.88. The Morgan fingerprint density at radius 2 is 1.68 bits per heavy atom. The molecule has 0 saturated carbocycles. The van der Waals surface area contributed by atoms with Crippen LogP contribution in [0.25, 0.3) is 0 Å². The van der Waals surface area contributed by atoms with Gasteiger partial charge in [-0.3, -0.25) is 9.59 Å². The fraction of sp³-hybridized carbons (Fsp3) is 0.368. The zero-order valence-corrected chi connectivity index (χ0v) is 17.5. The lowest BCUT2D eigenvalue weighted by Gasteiger charge is -2.34. The van der Waals surface area contributed by atoms with Gasteiger partial charge in [0.2, 0.25) is 10.0 Å². The van der Waals surface area contributed by atoms with Crippen molar-refractivity contribution in [3.63, 3.8) is 0 Å². The number of aromatic amines is 1. The summed E-state index contributed by atoms with van der Waals surface area (Å²) in [6.45, 7) is 5.84. The third-order valence-corrected chi connectivity index (χ3v) is 7.38. The lowest BCUT2D eigenvalue weighted by molar-refractivity contribution is 0.0691. The van der Waals surface area contributed by atoms with Gasteiger partial charge in [-0.1, -0.05) is 23.7 Å². The minimum absolute atomic E-state index is 0.0679. The van der Waals surface area contributed by atoms with E-state index in [1.165, 1.54) is 23.4 Å². The maximum absolute atomic E-state index is 12.9. The third kappa shape index (κ3) is 3.59. The normalized spacial score (nSPS) is 15.6. The second kappa shape index (κ2) is 7.69. The number of nitrogens with one attached hydrogen (secondary N) is 1. The van der Waals surface area contributed by atoms with Gasteiger partial charge in [-0.2, -0.15) is 4.31 Å². The molecule has 0 unspecified atom stereocenters. The van der Waals surface area contributed by atoms with Gasteiger partial charge in [-0.05, 0) is 38.5 Å². The van der Waals surface area contributed by atoms with E-state index in [9.17, 15) is 18.0 Å². The molecule has 0 atom stereocenters. The van der Waals surface area contributed by atoms with Crippen molar-refractivity contribution in [3.8, 4) is 0 Å². The molecule has 7 nitrogen and oxygen atoms in total. The number of ketones is 1. The Hall–Kier alpha value is -2.16. The number of piperazine rings is 1. The Balaban J connectivity index is 1.76. The Kier molecular flexibility index (Phi) is 5.65. The number of hydrogen-bond donors (Lipinski definition) is 1. The Morgan fingerprint density at radius 3 is 2.21 bits per heavy atom. The van der Waals surface area contributed by atoms with E-state index in [4.69, 9.17) is 11.6 Å². The summed E-state index contributed by atoms with van der Waals surface area (Å²) in [5.41, 5.74) is 2.20. The number of aryl methyl sites for hydroxylation is 1. The van der Waals surface area contributed by atoms with Gasteiger partial charge in [0.05, 0.1) is 5.02 Å². The monoisotopic (exact) mass is 423 g/mol. The first kappa shape index (κ1) is 20.6. The van der Waals surface area contributed by atoms with Gasteiger partial charge in [-0.25, -0.2) is 8.42 Å². The molecule has 9 heteroatoms. The van der Waals surface area contributed by atoms with Crippen molar-refractivity contribution in [2.45, 2.75) is 25.7 Å². The second-order valence-corrected chi connectivity index (χ2v) is 9.12. The van der Waals surface area contributed by atoms with Crippen molar-refractivity contribution < 1.29 is 18.0 Å². The van der Waals surface area contributed by atoms with Crippen molar-refractivity contribution in [2.24, 2.45) is 0 Å². The first-order valence-corrected chi connectivity index (χ1v) is 10.7. The predicted octanol–water partition coefficient (Wildman–Crippen LogP) is 2.63. The van der Waals surface area contributed by atoms with Crippen LogP contribution in [0.15, 0.2) is 29.2 Å². The standard InChI is InChI=1S/C19H22ClN3O4S/c1-12-17(14(3)24)13(2)21-18(12)19(25)22-8-10-23(11-9-22)28(26,27)16-7-5-4-6-15(16)20/h4-7,21H,8-11H2,1-3H3. The highest BCUT2D eigenvalue weighted by Crippen LogP contribution is 2.26. The molecule has 150 valence electrons. The van der Waals surface area contributed by atoms with Gasteiger partial charge in [0.1, 0.15) is 10.6 Å². The maximum Gasteiger partial charge on any atom is 0.270 e. The van der Waals surface area contributed by atoms with Crippen LogP contribution in [-0.4, -0.2) is 60.5 Å². The van der Waals surface area contributed by atoms with E-state index in [1.807, 2.05) is 0 Å². The highest BCUT2D eigenvalue weighted by atomic mass is 35.5. The number of carbonyl (C=O) groups excluding carboxylic acids is 2. The molecule has 1 aromatic heterocycles. The molecule has 2 heterocycles. The molecule has 1 fully saturated rings. The average Bonchev–Trinajstić information content (AvgIpc) is 2.95. The van der Waals surface area contributed by atoms with Gasteiger partial charge in [-0.15, -0.1) is 0 Å². The van der Waals surface area contributed by atoms with Gasteiger partial charge in [0, 0.05) is 37.4 Å². The van der Waals surface area contributed by atoms with Crippen LogP contribution in [0.5, 0.6) is 0 Å². The fourth-order valence-electron chi connectivity index (χ4n) is 3.57. The van der Waals surface area contributed by atoms with E-state index in [0.717, 1.165) is 0 Å². The molecule has 3 rings (SSSR count). The van der Waals surface area contributed by atoms with E-state index in [-0.39, 0.29) is 47.8 Å². The van der Waals surface area contributed by atoms with Crippen LogP contribution >= 0.6 is 11.6 Å². The summed E-state index contributed by atoms with van der Waals surface area (Å²) in [4.78, 5) is 29.3. The molecule has 1 aliphatic rings. The summed E-state index contributed by atoms with van der Waals surface area (Å²) in [5.74, 6) is -0.330. The van der Waals surface area contributed by atoms with Crippen LogP contribution in [0.2, 0.25) is 5.02 Å². The number of aromatic nitrogens is 1. The van der Waals surface area contributed by atoms with Crippen LogP contribution in [0.4, 0.5) is 0 Å². The lowest BCUT2D eigenvalue weighted by Crippen LogP contribution is -2.50. The number of amides is 1. The highest BCUT2D eigenvalue weighted by molar-refractivity contribution is 7.89. The molecule has 1 aliphatic heterocycles. The zero-order chi connectivity index (χ0) is 20.6. The topological polar surface area (TPSA) is 90.6 Å². The number of hydrogen-bond acceptors (Lipinski definition) is 4. The highest BCUT2D eigenvalue weighted by Gasteiger charge is 2.32. The summed E-state index contributed by atoms with van der Waals surface area (Å²) >= 11 is 6.05. The van der Waals surface area contributed by atoms with Crippen LogP contribution in [-0.2, 0) is 10.0 Å². The van der Waals surface area contributed by atoms with E-state index < -0.39 is 10.0 Å². The molecule has 1 N–H and O–H groups in total. The minimum atomic E-state index is -3.72. The Bertz CT molecular complexity index is 1040. The van der Waals surface area contributed by atoms with Crippen LogP contribution in [0, 0.1) is 13.8 Å². The molecule has 28 heavy (non-hydrogen) atoms. The zero-order valence-electron chi connectivity index (χ0n) is 16.0. The Morgan fingerprint density at radius 1 is 1.07 bits per heavy atom. The molecule has 0 spiro atoms. The summed E-state index contributed by atoms with van der Waals surface area (Å²) in [7, 11) is -3.72. The number of H-pyrrole nitrogens is 1. The van der Waals surface area contributed by atoms with Crippen LogP contribution < -0.4 is 0 Å². The summed E-state index contributed by atoms with van der Waals surface area (Å²) < 4.78 is 27.0. The Labute approximate surface area is 169 Å². The maximum atomic E-state index is 12.9. The summed E-state index contributed by atoms with van der Waals surface area (Å²) in [6, 6.07) is 6.32.